The van der Waals surface area contributed by atoms with E-state index in [4.69, 9.17) is 0 Å². The normalized spacial score (nSPS) is 18.5. The molecule has 0 unspecified atom stereocenters. The number of piperidine rings is 1. The average Bonchev–Trinajstić information content (AvgIpc) is 2.83. The van der Waals surface area contributed by atoms with Crippen molar-refractivity contribution in [3.05, 3.63) is 9.90 Å². The van der Waals surface area contributed by atoms with Crippen LogP contribution >= 0.6 is 33.9 Å². The number of fused-ring (bicyclic) bond motifs is 1. The number of aromatic nitrogens is 3. The van der Waals surface area contributed by atoms with Crippen LogP contribution in [0.4, 0.5) is 5.13 Å². The summed E-state index contributed by atoms with van der Waals surface area (Å²) < 4.78 is 2.90. The van der Waals surface area contributed by atoms with Gasteiger partial charge in [-0.25, -0.2) is 4.98 Å². The zero-order valence-corrected chi connectivity index (χ0v) is 11.5. The summed E-state index contributed by atoms with van der Waals surface area (Å²) >= 11 is 3.83. The second-order valence-electron chi connectivity index (χ2n) is 3.88. The minimum absolute atomic E-state index is 0.138. The summed E-state index contributed by atoms with van der Waals surface area (Å²) in [6, 6.07) is 0. The van der Waals surface area contributed by atoms with Crippen LogP contribution in [-0.2, 0) is 0 Å². The Morgan fingerprint density at radius 2 is 2.19 bits per heavy atom. The van der Waals surface area contributed by atoms with Crippen molar-refractivity contribution in [3.8, 4) is 0 Å². The van der Waals surface area contributed by atoms with Gasteiger partial charge in [0.05, 0.1) is 12.3 Å². The van der Waals surface area contributed by atoms with Gasteiger partial charge in [-0.2, -0.15) is 4.52 Å². The van der Waals surface area contributed by atoms with Crippen molar-refractivity contribution < 1.29 is 5.11 Å². The molecule has 1 aliphatic rings. The number of hydrogen-bond donors (Lipinski definition) is 1. The number of aliphatic hydroxyl groups excluding tert-OH is 1. The van der Waals surface area contributed by atoms with Crippen LogP contribution in [0.1, 0.15) is 12.8 Å². The predicted molar refractivity (Wildman–Crippen MR) is 71.0 cm³/mol. The van der Waals surface area contributed by atoms with E-state index < -0.39 is 0 Å². The van der Waals surface area contributed by atoms with Crippen LogP contribution in [-0.4, -0.2) is 38.9 Å². The van der Waals surface area contributed by atoms with Crippen molar-refractivity contribution in [2.45, 2.75) is 18.9 Å². The predicted octanol–water partition coefficient (Wildman–Crippen LogP) is 1.36. The molecular weight excluding hydrogens is 339 g/mol. The number of imidazole rings is 1. The van der Waals surface area contributed by atoms with Crippen LogP contribution in [0.3, 0.4) is 0 Å². The van der Waals surface area contributed by atoms with Crippen LogP contribution in [0.15, 0.2) is 6.20 Å². The second-order valence-corrected chi connectivity index (χ2v) is 5.92. The summed E-state index contributed by atoms with van der Waals surface area (Å²) in [6.07, 6.45) is 3.35. The highest BCUT2D eigenvalue weighted by atomic mass is 127. The lowest BCUT2D eigenvalue weighted by Gasteiger charge is -2.28. The molecule has 3 rings (SSSR count). The van der Waals surface area contributed by atoms with E-state index in [1.807, 2.05) is 10.7 Å². The molecule has 2 aromatic heterocycles. The molecule has 16 heavy (non-hydrogen) atoms. The summed E-state index contributed by atoms with van der Waals surface area (Å²) in [5.74, 6) is 0. The van der Waals surface area contributed by atoms with Gasteiger partial charge in [-0.15, -0.1) is 5.10 Å². The minimum atomic E-state index is -0.138. The molecule has 1 aliphatic heterocycles. The van der Waals surface area contributed by atoms with E-state index in [1.54, 1.807) is 11.3 Å². The molecule has 0 amide bonds. The van der Waals surface area contributed by atoms with E-state index >= 15 is 0 Å². The Kier molecular flexibility index (Phi) is 2.76. The van der Waals surface area contributed by atoms with E-state index in [9.17, 15) is 5.11 Å². The first-order valence-electron chi connectivity index (χ1n) is 5.17. The van der Waals surface area contributed by atoms with Gasteiger partial charge in [-0.1, -0.05) is 11.3 Å². The first-order chi connectivity index (χ1) is 7.74. The van der Waals surface area contributed by atoms with E-state index in [-0.39, 0.29) is 6.10 Å². The second kappa shape index (κ2) is 4.11. The first-order valence-corrected chi connectivity index (χ1v) is 7.06. The highest BCUT2D eigenvalue weighted by Gasteiger charge is 2.20. The number of aliphatic hydroxyl groups is 1. The van der Waals surface area contributed by atoms with Crippen LogP contribution in [0.2, 0.25) is 0 Å². The van der Waals surface area contributed by atoms with Gasteiger partial charge in [0.15, 0.2) is 0 Å². The molecular formula is C9H11IN4OS. The first kappa shape index (κ1) is 10.7. The molecule has 0 atom stereocenters. The summed E-state index contributed by atoms with van der Waals surface area (Å²) in [6.45, 7) is 1.77. The Labute approximate surface area is 110 Å². The maximum Gasteiger partial charge on any atom is 0.214 e. The Bertz CT molecular complexity index is 503. The zero-order chi connectivity index (χ0) is 11.1. The van der Waals surface area contributed by atoms with Gasteiger partial charge in [0.1, 0.15) is 3.70 Å². The summed E-state index contributed by atoms with van der Waals surface area (Å²) in [5, 5.41) is 15.0. The topological polar surface area (TPSA) is 53.7 Å². The third-order valence-corrected chi connectivity index (χ3v) is 4.49. The molecule has 0 aliphatic carbocycles. The largest absolute Gasteiger partial charge is 0.393 e. The van der Waals surface area contributed by atoms with Crippen LogP contribution in [0.25, 0.3) is 4.96 Å². The highest BCUT2D eigenvalue weighted by Crippen LogP contribution is 2.26. The van der Waals surface area contributed by atoms with Crippen molar-refractivity contribution in [1.29, 1.82) is 0 Å². The molecule has 86 valence electrons. The molecule has 0 saturated carbocycles. The van der Waals surface area contributed by atoms with Crippen molar-refractivity contribution in [3.63, 3.8) is 0 Å². The molecule has 3 heterocycles. The molecule has 0 spiro atoms. The van der Waals surface area contributed by atoms with Gasteiger partial charge < -0.3 is 10.0 Å². The maximum absolute atomic E-state index is 9.46. The van der Waals surface area contributed by atoms with Gasteiger partial charge in [0.25, 0.3) is 0 Å². The highest BCUT2D eigenvalue weighted by molar-refractivity contribution is 14.1. The van der Waals surface area contributed by atoms with Crippen LogP contribution < -0.4 is 4.90 Å². The Hall–Kier alpha value is -0.410. The quantitative estimate of drug-likeness (QED) is 0.790. The van der Waals surface area contributed by atoms with Crippen LogP contribution in [0, 0.1) is 3.70 Å². The fourth-order valence-corrected chi connectivity index (χ4v) is 3.41. The fourth-order valence-electron chi connectivity index (χ4n) is 1.84. The summed E-state index contributed by atoms with van der Waals surface area (Å²) in [5.41, 5.74) is 0. The number of rotatable bonds is 1. The van der Waals surface area contributed by atoms with Gasteiger partial charge in [0.2, 0.25) is 10.1 Å². The third-order valence-electron chi connectivity index (χ3n) is 2.77. The molecule has 0 bridgehead atoms. The van der Waals surface area contributed by atoms with Gasteiger partial charge in [0, 0.05) is 13.1 Å². The molecule has 7 heteroatoms. The lowest BCUT2D eigenvalue weighted by molar-refractivity contribution is 0.145. The fraction of sp³-hybridized carbons (Fsp3) is 0.556. The SMILES string of the molecule is OC1CCN(c2nn3c(I)cnc3s2)CC1. The molecule has 1 saturated heterocycles. The standard InChI is InChI=1S/C9H11IN4OS/c10-7-5-11-8-14(7)12-9(16-8)13-3-1-6(15)2-4-13/h5-6,15H,1-4H2. The van der Waals surface area contributed by atoms with Crippen molar-refractivity contribution in [2.24, 2.45) is 0 Å². The van der Waals surface area contributed by atoms with E-state index in [2.05, 4.69) is 37.6 Å². The Morgan fingerprint density at radius 1 is 1.44 bits per heavy atom. The van der Waals surface area contributed by atoms with Gasteiger partial charge in [-0.3, -0.25) is 0 Å². The van der Waals surface area contributed by atoms with Crippen molar-refractivity contribution >= 4 is 44.0 Å². The zero-order valence-electron chi connectivity index (χ0n) is 8.51. The monoisotopic (exact) mass is 350 g/mol. The van der Waals surface area contributed by atoms with E-state index in [0.717, 1.165) is 39.7 Å². The summed E-state index contributed by atoms with van der Waals surface area (Å²) in [4.78, 5) is 7.44. The third kappa shape index (κ3) is 1.80. The smallest absolute Gasteiger partial charge is 0.214 e. The molecule has 0 aromatic carbocycles. The number of hydrogen-bond acceptors (Lipinski definition) is 5. The number of halogens is 1. The van der Waals surface area contributed by atoms with Crippen molar-refractivity contribution in [1.82, 2.24) is 14.6 Å². The van der Waals surface area contributed by atoms with E-state index in [0.29, 0.717) is 0 Å². The lowest BCUT2D eigenvalue weighted by atomic mass is 10.1. The van der Waals surface area contributed by atoms with Gasteiger partial charge >= 0.3 is 0 Å². The summed E-state index contributed by atoms with van der Waals surface area (Å²) in [7, 11) is 0. The molecule has 2 aromatic rings. The number of anilines is 1. The minimum Gasteiger partial charge on any atom is -0.393 e. The Balaban J connectivity index is 1.88. The average molecular weight is 350 g/mol. The molecule has 1 N–H and O–H groups in total. The molecule has 1 fully saturated rings. The van der Waals surface area contributed by atoms with Gasteiger partial charge in [-0.05, 0) is 35.4 Å². The molecule has 0 radical (unpaired) electrons. The lowest BCUT2D eigenvalue weighted by Crippen LogP contribution is -2.35. The molecule has 5 nitrogen and oxygen atoms in total. The Morgan fingerprint density at radius 3 is 2.88 bits per heavy atom. The maximum atomic E-state index is 9.46. The van der Waals surface area contributed by atoms with E-state index in [1.165, 1.54) is 0 Å². The number of nitrogens with zero attached hydrogens (tertiary/aromatic N) is 4. The van der Waals surface area contributed by atoms with Crippen LogP contribution in [0.5, 0.6) is 0 Å². The van der Waals surface area contributed by atoms with Crippen molar-refractivity contribution in [2.75, 3.05) is 18.0 Å².